The quantitative estimate of drug-likeness (QED) is 0.279. The molecule has 70 valence electrons. The number of carbonyl (C=O) groups excluding carboxylic acids is 1. The zero-order chi connectivity index (χ0) is 9.23. The first-order valence-electron chi connectivity index (χ1n) is 4.17. The average molecular weight is 191 g/mol. The predicted octanol–water partition coefficient (Wildman–Crippen LogP) is 2.51. The first-order chi connectivity index (χ1) is 5.81. The van der Waals surface area contributed by atoms with Gasteiger partial charge in [0.05, 0.1) is 13.0 Å². The standard InChI is InChI=1S/C9H15ClO2/c1-2-3-4-5-8-12-9(11)6-7-10/h3-4H,2,5-8H2,1H3/b4-3+. The van der Waals surface area contributed by atoms with E-state index in [1.807, 2.05) is 6.08 Å². The van der Waals surface area contributed by atoms with Crippen molar-refractivity contribution in [3.05, 3.63) is 12.2 Å². The van der Waals surface area contributed by atoms with Crippen LogP contribution in [0.2, 0.25) is 0 Å². The number of esters is 1. The molecule has 0 unspecified atom stereocenters. The Kier molecular flexibility index (Phi) is 8.24. The monoisotopic (exact) mass is 190 g/mol. The molecule has 2 nitrogen and oxygen atoms in total. The summed E-state index contributed by atoms with van der Waals surface area (Å²) in [6, 6.07) is 0. The van der Waals surface area contributed by atoms with E-state index in [1.165, 1.54) is 0 Å². The number of alkyl halides is 1. The van der Waals surface area contributed by atoms with Gasteiger partial charge in [-0.15, -0.1) is 11.6 Å². The lowest BCUT2D eigenvalue weighted by Gasteiger charge is -1.99. The summed E-state index contributed by atoms with van der Waals surface area (Å²) >= 11 is 5.34. The summed E-state index contributed by atoms with van der Waals surface area (Å²) in [6.45, 7) is 2.53. The summed E-state index contributed by atoms with van der Waals surface area (Å²) in [7, 11) is 0. The third-order valence-corrected chi connectivity index (χ3v) is 1.44. The summed E-state index contributed by atoms with van der Waals surface area (Å²) in [5, 5.41) is 0. The second-order valence-electron chi connectivity index (χ2n) is 2.33. The van der Waals surface area contributed by atoms with Crippen LogP contribution in [-0.4, -0.2) is 18.5 Å². The van der Waals surface area contributed by atoms with E-state index in [0.29, 0.717) is 18.9 Å². The Labute approximate surface area is 78.5 Å². The van der Waals surface area contributed by atoms with Crippen molar-refractivity contribution in [2.45, 2.75) is 26.2 Å². The van der Waals surface area contributed by atoms with E-state index in [9.17, 15) is 4.79 Å². The van der Waals surface area contributed by atoms with E-state index in [4.69, 9.17) is 16.3 Å². The van der Waals surface area contributed by atoms with E-state index in [0.717, 1.165) is 12.8 Å². The van der Waals surface area contributed by atoms with Gasteiger partial charge in [0.25, 0.3) is 0 Å². The molecular formula is C9H15ClO2. The first-order valence-corrected chi connectivity index (χ1v) is 4.71. The van der Waals surface area contributed by atoms with Gasteiger partial charge in [0.1, 0.15) is 0 Å². The van der Waals surface area contributed by atoms with Crippen molar-refractivity contribution < 1.29 is 9.53 Å². The van der Waals surface area contributed by atoms with Crippen LogP contribution < -0.4 is 0 Å². The van der Waals surface area contributed by atoms with Gasteiger partial charge in [-0.3, -0.25) is 4.79 Å². The highest BCUT2D eigenvalue weighted by molar-refractivity contribution is 6.18. The van der Waals surface area contributed by atoms with E-state index in [2.05, 4.69) is 13.0 Å². The number of carbonyl (C=O) groups is 1. The maximum Gasteiger partial charge on any atom is 0.307 e. The minimum absolute atomic E-state index is 0.213. The third-order valence-electron chi connectivity index (χ3n) is 1.25. The van der Waals surface area contributed by atoms with Crippen LogP contribution in [0.1, 0.15) is 26.2 Å². The molecule has 3 heteroatoms. The maximum atomic E-state index is 10.7. The summed E-state index contributed by atoms with van der Waals surface area (Å²) in [5.74, 6) is 0.124. The van der Waals surface area contributed by atoms with Crippen molar-refractivity contribution in [3.8, 4) is 0 Å². The normalized spacial score (nSPS) is 10.5. The molecule has 0 aliphatic carbocycles. The minimum atomic E-state index is -0.213. The molecule has 0 aromatic heterocycles. The van der Waals surface area contributed by atoms with Gasteiger partial charge in [-0.1, -0.05) is 19.1 Å². The molecule has 0 aliphatic rings. The van der Waals surface area contributed by atoms with Gasteiger partial charge in [0.2, 0.25) is 0 Å². The molecule has 0 aliphatic heterocycles. The lowest BCUT2D eigenvalue weighted by Crippen LogP contribution is -2.05. The van der Waals surface area contributed by atoms with Gasteiger partial charge >= 0.3 is 5.97 Å². The number of allylic oxidation sites excluding steroid dienone is 1. The molecule has 0 rings (SSSR count). The van der Waals surface area contributed by atoms with Gasteiger partial charge in [0, 0.05) is 5.88 Å². The molecule has 12 heavy (non-hydrogen) atoms. The fourth-order valence-corrected chi connectivity index (χ4v) is 0.829. The zero-order valence-corrected chi connectivity index (χ0v) is 8.14. The molecule has 0 spiro atoms. The van der Waals surface area contributed by atoms with Crippen molar-refractivity contribution in [3.63, 3.8) is 0 Å². The molecule has 0 saturated carbocycles. The van der Waals surface area contributed by atoms with Crippen LogP contribution in [0.3, 0.4) is 0 Å². The molecule has 0 heterocycles. The highest BCUT2D eigenvalue weighted by atomic mass is 35.5. The van der Waals surface area contributed by atoms with E-state index >= 15 is 0 Å². The van der Waals surface area contributed by atoms with Crippen molar-refractivity contribution in [1.29, 1.82) is 0 Å². The molecule has 0 N–H and O–H groups in total. The van der Waals surface area contributed by atoms with Crippen molar-refractivity contribution in [2.75, 3.05) is 12.5 Å². The fraction of sp³-hybridized carbons (Fsp3) is 0.667. The largest absolute Gasteiger partial charge is 0.465 e. The molecular weight excluding hydrogens is 176 g/mol. The number of rotatable bonds is 6. The highest BCUT2D eigenvalue weighted by Gasteiger charge is 1.98. The Balaban J connectivity index is 3.19. The lowest BCUT2D eigenvalue weighted by atomic mass is 10.3. The smallest absolute Gasteiger partial charge is 0.307 e. The van der Waals surface area contributed by atoms with Gasteiger partial charge in [-0.2, -0.15) is 0 Å². The molecule has 0 saturated heterocycles. The van der Waals surface area contributed by atoms with Crippen LogP contribution in [0.4, 0.5) is 0 Å². The number of hydrogen-bond donors (Lipinski definition) is 0. The lowest BCUT2D eigenvalue weighted by molar-refractivity contribution is -0.142. The van der Waals surface area contributed by atoms with E-state index in [-0.39, 0.29) is 5.97 Å². The Bertz CT molecular complexity index is 143. The number of halogens is 1. The summed E-state index contributed by atoms with van der Waals surface area (Å²) in [6.07, 6.45) is 6.18. The molecule has 0 fully saturated rings. The van der Waals surface area contributed by atoms with Gasteiger partial charge in [0.15, 0.2) is 0 Å². The van der Waals surface area contributed by atoms with Crippen LogP contribution in [-0.2, 0) is 9.53 Å². The van der Waals surface area contributed by atoms with Crippen LogP contribution in [0.25, 0.3) is 0 Å². The molecule has 0 aromatic rings. The predicted molar refractivity (Wildman–Crippen MR) is 50.3 cm³/mol. The molecule has 0 radical (unpaired) electrons. The fourth-order valence-electron chi connectivity index (χ4n) is 0.675. The number of ether oxygens (including phenoxy) is 1. The van der Waals surface area contributed by atoms with Crippen LogP contribution >= 0.6 is 11.6 Å². The van der Waals surface area contributed by atoms with Crippen LogP contribution in [0.15, 0.2) is 12.2 Å². The van der Waals surface area contributed by atoms with Crippen molar-refractivity contribution in [1.82, 2.24) is 0 Å². The molecule has 0 aromatic carbocycles. The topological polar surface area (TPSA) is 26.3 Å². The summed E-state index contributed by atoms with van der Waals surface area (Å²) in [5.41, 5.74) is 0. The summed E-state index contributed by atoms with van der Waals surface area (Å²) in [4.78, 5) is 10.7. The Hall–Kier alpha value is -0.500. The Morgan fingerprint density at radius 1 is 1.50 bits per heavy atom. The highest BCUT2D eigenvalue weighted by Crippen LogP contribution is 1.92. The second-order valence-corrected chi connectivity index (χ2v) is 2.71. The second kappa shape index (κ2) is 8.60. The molecule has 0 atom stereocenters. The van der Waals surface area contributed by atoms with Gasteiger partial charge in [-0.25, -0.2) is 0 Å². The first kappa shape index (κ1) is 11.5. The minimum Gasteiger partial charge on any atom is -0.465 e. The zero-order valence-electron chi connectivity index (χ0n) is 7.38. The average Bonchev–Trinajstić information content (AvgIpc) is 2.05. The molecule has 0 amide bonds. The maximum absolute atomic E-state index is 10.7. The van der Waals surface area contributed by atoms with Crippen LogP contribution in [0, 0.1) is 0 Å². The molecule has 0 bridgehead atoms. The Morgan fingerprint density at radius 2 is 2.25 bits per heavy atom. The van der Waals surface area contributed by atoms with E-state index < -0.39 is 0 Å². The SMILES string of the molecule is CC/C=C/CCOC(=O)CCCl. The van der Waals surface area contributed by atoms with Gasteiger partial charge < -0.3 is 4.74 Å². The van der Waals surface area contributed by atoms with Crippen molar-refractivity contribution >= 4 is 17.6 Å². The van der Waals surface area contributed by atoms with Gasteiger partial charge in [-0.05, 0) is 12.8 Å². The van der Waals surface area contributed by atoms with Crippen molar-refractivity contribution in [2.24, 2.45) is 0 Å². The summed E-state index contributed by atoms with van der Waals surface area (Å²) < 4.78 is 4.85. The van der Waals surface area contributed by atoms with Crippen LogP contribution in [0.5, 0.6) is 0 Å². The Morgan fingerprint density at radius 3 is 2.83 bits per heavy atom. The number of hydrogen-bond acceptors (Lipinski definition) is 2. The van der Waals surface area contributed by atoms with E-state index in [1.54, 1.807) is 0 Å². The third kappa shape index (κ3) is 7.61.